The topological polar surface area (TPSA) is 26.3 Å². The number of hydrogen-bond acceptors (Lipinski definition) is 2. The summed E-state index contributed by atoms with van der Waals surface area (Å²) >= 11 is 2.44. The molecule has 0 saturated heterocycles. The summed E-state index contributed by atoms with van der Waals surface area (Å²) < 4.78 is 30.4. The maximum atomic E-state index is 13.1. The summed E-state index contributed by atoms with van der Waals surface area (Å²) in [5.74, 6) is -2.30. The van der Waals surface area contributed by atoms with Gasteiger partial charge in [0.05, 0.1) is 5.56 Å². The van der Waals surface area contributed by atoms with Gasteiger partial charge in [0.1, 0.15) is 11.6 Å². The Hall–Kier alpha value is -0.970. The standard InChI is InChI=1S/C9H7BrF2O2/c1-2-6-7(11)3-5(4-8(6)12)9(13)14-10/h3-4H,2H2,1H3. The first kappa shape index (κ1) is 11.1. The van der Waals surface area contributed by atoms with E-state index >= 15 is 0 Å². The minimum atomic E-state index is -0.828. The molecular weight excluding hydrogens is 258 g/mol. The van der Waals surface area contributed by atoms with Crippen LogP contribution in [0, 0.1) is 11.6 Å². The molecule has 0 N–H and O–H groups in total. The maximum absolute atomic E-state index is 13.1. The number of carbonyl (C=O) groups excluding carboxylic acids is 1. The molecule has 0 radical (unpaired) electrons. The molecule has 14 heavy (non-hydrogen) atoms. The van der Waals surface area contributed by atoms with Crippen LogP contribution in [-0.2, 0) is 10.2 Å². The van der Waals surface area contributed by atoms with Gasteiger partial charge in [-0.2, -0.15) is 0 Å². The van der Waals surface area contributed by atoms with E-state index in [2.05, 4.69) is 20.1 Å². The van der Waals surface area contributed by atoms with Crippen molar-refractivity contribution in [1.82, 2.24) is 0 Å². The molecule has 0 aromatic heterocycles. The third-order valence-corrected chi connectivity index (χ3v) is 2.09. The maximum Gasteiger partial charge on any atom is 0.349 e. The van der Waals surface area contributed by atoms with E-state index in [0.717, 1.165) is 12.1 Å². The van der Waals surface area contributed by atoms with Gasteiger partial charge in [0, 0.05) is 5.56 Å². The number of carbonyl (C=O) groups is 1. The van der Waals surface area contributed by atoms with Crippen LogP contribution in [0.1, 0.15) is 22.8 Å². The first-order valence-electron chi connectivity index (χ1n) is 3.91. The van der Waals surface area contributed by atoms with E-state index in [4.69, 9.17) is 0 Å². The van der Waals surface area contributed by atoms with Gasteiger partial charge in [-0.15, -0.1) is 0 Å². The molecule has 1 aromatic rings. The fraction of sp³-hybridized carbons (Fsp3) is 0.222. The largest absolute Gasteiger partial charge is 0.380 e. The van der Waals surface area contributed by atoms with Crippen molar-refractivity contribution in [1.29, 1.82) is 0 Å². The third-order valence-electron chi connectivity index (χ3n) is 1.80. The second-order valence-electron chi connectivity index (χ2n) is 2.64. The van der Waals surface area contributed by atoms with Crippen LogP contribution < -0.4 is 0 Å². The zero-order chi connectivity index (χ0) is 10.7. The first-order chi connectivity index (χ1) is 6.60. The normalized spacial score (nSPS) is 10.0. The lowest BCUT2D eigenvalue weighted by molar-refractivity contribution is 0.0780. The van der Waals surface area contributed by atoms with E-state index in [1.165, 1.54) is 0 Å². The highest BCUT2D eigenvalue weighted by molar-refractivity contribution is 9.06. The van der Waals surface area contributed by atoms with Gasteiger partial charge in [-0.05, 0) is 18.6 Å². The summed E-state index contributed by atoms with van der Waals surface area (Å²) in [4.78, 5) is 10.9. The molecule has 0 fully saturated rings. The second-order valence-corrected chi connectivity index (χ2v) is 2.96. The lowest BCUT2D eigenvalue weighted by atomic mass is 10.1. The fourth-order valence-electron chi connectivity index (χ4n) is 1.10. The quantitative estimate of drug-likeness (QED) is 0.821. The van der Waals surface area contributed by atoms with Gasteiger partial charge in [0.2, 0.25) is 0 Å². The highest BCUT2D eigenvalue weighted by Gasteiger charge is 2.14. The van der Waals surface area contributed by atoms with Crippen molar-refractivity contribution in [3.05, 3.63) is 34.9 Å². The van der Waals surface area contributed by atoms with Gasteiger partial charge in [0.25, 0.3) is 0 Å². The summed E-state index contributed by atoms with van der Waals surface area (Å²) in [6, 6.07) is 1.90. The Labute approximate surface area is 88.3 Å². The summed E-state index contributed by atoms with van der Waals surface area (Å²) in [5, 5.41) is 0. The molecule has 0 atom stereocenters. The summed E-state index contributed by atoms with van der Waals surface area (Å²) in [6.07, 6.45) is 0.237. The number of benzene rings is 1. The molecule has 0 heterocycles. The average molecular weight is 265 g/mol. The van der Waals surface area contributed by atoms with Crippen LogP contribution in [0.5, 0.6) is 0 Å². The Morgan fingerprint density at radius 2 is 1.93 bits per heavy atom. The van der Waals surface area contributed by atoms with Crippen LogP contribution in [0.2, 0.25) is 0 Å². The van der Waals surface area contributed by atoms with Crippen molar-refractivity contribution in [3.8, 4) is 0 Å². The monoisotopic (exact) mass is 264 g/mol. The van der Waals surface area contributed by atoms with Crippen LogP contribution >= 0.6 is 16.3 Å². The molecule has 0 aliphatic carbocycles. The second kappa shape index (κ2) is 4.50. The third kappa shape index (κ3) is 2.09. The minimum absolute atomic E-state index is 0.0314. The van der Waals surface area contributed by atoms with Crippen molar-refractivity contribution < 1.29 is 17.4 Å². The molecule has 0 amide bonds. The zero-order valence-corrected chi connectivity index (χ0v) is 8.90. The van der Waals surface area contributed by atoms with Gasteiger partial charge in [-0.25, -0.2) is 13.6 Å². The first-order valence-corrected chi connectivity index (χ1v) is 4.55. The predicted molar refractivity (Wildman–Crippen MR) is 50.1 cm³/mol. The molecule has 0 aliphatic rings. The highest BCUT2D eigenvalue weighted by Crippen LogP contribution is 2.17. The Morgan fingerprint density at radius 3 is 2.29 bits per heavy atom. The minimum Gasteiger partial charge on any atom is -0.380 e. The Morgan fingerprint density at radius 1 is 1.43 bits per heavy atom. The lowest BCUT2D eigenvalue weighted by Gasteiger charge is -2.03. The predicted octanol–water partition coefficient (Wildman–Crippen LogP) is 2.99. The van der Waals surface area contributed by atoms with E-state index in [0.29, 0.717) is 0 Å². The van der Waals surface area contributed by atoms with Crippen LogP contribution in [0.15, 0.2) is 12.1 Å². The molecular formula is C9H7BrF2O2. The van der Waals surface area contributed by atoms with Crippen LogP contribution in [0.25, 0.3) is 0 Å². The average Bonchev–Trinajstić information content (AvgIpc) is 2.16. The van der Waals surface area contributed by atoms with Gasteiger partial charge in [0.15, 0.2) is 16.3 Å². The molecule has 5 heteroatoms. The van der Waals surface area contributed by atoms with Gasteiger partial charge < -0.3 is 3.83 Å². The Kier molecular flexibility index (Phi) is 3.57. The van der Waals surface area contributed by atoms with Crippen LogP contribution in [-0.4, -0.2) is 5.97 Å². The van der Waals surface area contributed by atoms with Gasteiger partial charge in [-0.1, -0.05) is 6.92 Å². The van der Waals surface area contributed by atoms with E-state index < -0.39 is 17.6 Å². The van der Waals surface area contributed by atoms with Gasteiger partial charge in [-0.3, -0.25) is 0 Å². The molecule has 0 aliphatic heterocycles. The Bertz CT molecular complexity index is 343. The number of halogens is 3. The van der Waals surface area contributed by atoms with Crippen molar-refractivity contribution in [2.24, 2.45) is 0 Å². The molecule has 76 valence electrons. The van der Waals surface area contributed by atoms with E-state index in [1.807, 2.05) is 0 Å². The summed E-state index contributed by atoms with van der Waals surface area (Å²) in [6.45, 7) is 1.63. The molecule has 2 nitrogen and oxygen atoms in total. The number of hydrogen-bond donors (Lipinski definition) is 0. The SMILES string of the molecule is CCc1c(F)cc(C(=O)OBr)cc1F. The molecule has 0 bridgehead atoms. The smallest absolute Gasteiger partial charge is 0.349 e. The molecule has 1 rings (SSSR count). The van der Waals surface area contributed by atoms with Crippen LogP contribution in [0.3, 0.4) is 0 Å². The van der Waals surface area contributed by atoms with Gasteiger partial charge >= 0.3 is 5.97 Å². The van der Waals surface area contributed by atoms with Crippen molar-refractivity contribution in [3.63, 3.8) is 0 Å². The molecule has 0 spiro atoms. The summed E-state index contributed by atoms with van der Waals surface area (Å²) in [5.41, 5.74) is -0.190. The zero-order valence-electron chi connectivity index (χ0n) is 7.31. The van der Waals surface area contributed by atoms with Crippen molar-refractivity contribution in [2.45, 2.75) is 13.3 Å². The van der Waals surface area contributed by atoms with E-state index in [1.54, 1.807) is 6.92 Å². The molecule has 0 saturated carbocycles. The summed E-state index contributed by atoms with van der Waals surface area (Å²) in [7, 11) is 0. The van der Waals surface area contributed by atoms with Crippen LogP contribution in [0.4, 0.5) is 8.78 Å². The fourth-order valence-corrected chi connectivity index (χ4v) is 1.29. The van der Waals surface area contributed by atoms with E-state index in [9.17, 15) is 13.6 Å². The molecule has 0 unspecified atom stereocenters. The lowest BCUT2D eigenvalue weighted by Crippen LogP contribution is -2.03. The number of rotatable bonds is 2. The van der Waals surface area contributed by atoms with Crippen molar-refractivity contribution >= 4 is 22.2 Å². The van der Waals surface area contributed by atoms with E-state index in [-0.39, 0.29) is 17.5 Å². The van der Waals surface area contributed by atoms with Crippen molar-refractivity contribution in [2.75, 3.05) is 0 Å². The molecule has 1 aromatic carbocycles. The highest BCUT2D eigenvalue weighted by atomic mass is 79.9. The Balaban J connectivity index is 3.20.